The Labute approximate surface area is 149 Å². The Morgan fingerprint density at radius 1 is 0.958 bits per heavy atom. The van der Waals surface area contributed by atoms with Gasteiger partial charge in [0.25, 0.3) is 0 Å². The maximum atomic E-state index is 6.22. The molecular weight excluding hydrogens is 300 g/mol. The van der Waals surface area contributed by atoms with Crippen LogP contribution in [0.3, 0.4) is 0 Å². The Kier molecular flexibility index (Phi) is 6.95. The average Bonchev–Trinajstić information content (AvgIpc) is 2.44. The summed E-state index contributed by atoms with van der Waals surface area (Å²) in [6, 6.07) is 0. The fourth-order valence-corrected chi connectivity index (χ4v) is 3.04. The highest BCUT2D eigenvalue weighted by molar-refractivity contribution is 5.19. The highest BCUT2D eigenvalue weighted by Gasteiger charge is 2.37. The van der Waals surface area contributed by atoms with Crippen molar-refractivity contribution in [2.24, 2.45) is 10.8 Å². The molecule has 0 aliphatic carbocycles. The van der Waals surface area contributed by atoms with E-state index in [4.69, 9.17) is 14.2 Å². The molecule has 3 nitrogen and oxygen atoms in total. The maximum Gasteiger partial charge on any atom is 0.158 e. The lowest BCUT2D eigenvalue weighted by atomic mass is 9.75. The van der Waals surface area contributed by atoms with Crippen LogP contribution in [0.15, 0.2) is 0 Å². The maximum absolute atomic E-state index is 6.22. The summed E-state index contributed by atoms with van der Waals surface area (Å²) in [7, 11) is 1.75. The van der Waals surface area contributed by atoms with Gasteiger partial charge in [-0.2, -0.15) is 0 Å². The SMILES string of the molecule is COC(C)(C)C(C)(C)C#CC(C)(C)CC(C)(C)OC1CCCCO1. The molecule has 1 fully saturated rings. The van der Waals surface area contributed by atoms with Crippen LogP contribution < -0.4 is 0 Å². The molecule has 0 N–H and O–H groups in total. The van der Waals surface area contributed by atoms with Crippen molar-refractivity contribution in [1.82, 2.24) is 0 Å². The van der Waals surface area contributed by atoms with Gasteiger partial charge in [-0.3, -0.25) is 0 Å². The van der Waals surface area contributed by atoms with E-state index in [9.17, 15) is 0 Å². The van der Waals surface area contributed by atoms with Crippen molar-refractivity contribution in [1.29, 1.82) is 0 Å². The zero-order chi connectivity index (χ0) is 18.6. The van der Waals surface area contributed by atoms with Crippen LogP contribution in [-0.4, -0.2) is 31.2 Å². The van der Waals surface area contributed by atoms with Gasteiger partial charge in [-0.05, 0) is 81.1 Å². The third-order valence-electron chi connectivity index (χ3n) is 5.18. The predicted molar refractivity (Wildman–Crippen MR) is 99.8 cm³/mol. The molecule has 1 saturated heterocycles. The van der Waals surface area contributed by atoms with Crippen molar-refractivity contribution >= 4 is 0 Å². The minimum atomic E-state index is -0.294. The molecule has 1 aliphatic rings. The summed E-state index contributed by atoms with van der Waals surface area (Å²) in [5.41, 5.74) is -0.922. The summed E-state index contributed by atoms with van der Waals surface area (Å²) in [5, 5.41) is 0. The summed E-state index contributed by atoms with van der Waals surface area (Å²) in [6.45, 7) is 17.9. The van der Waals surface area contributed by atoms with Crippen LogP contribution in [0.1, 0.15) is 81.1 Å². The summed E-state index contributed by atoms with van der Waals surface area (Å²) < 4.78 is 17.6. The zero-order valence-corrected chi connectivity index (χ0v) is 17.3. The highest BCUT2D eigenvalue weighted by Crippen LogP contribution is 2.35. The van der Waals surface area contributed by atoms with E-state index in [-0.39, 0.29) is 28.3 Å². The predicted octanol–water partition coefficient (Wildman–Crippen LogP) is 5.18. The molecule has 1 aliphatic heterocycles. The molecule has 0 amide bonds. The number of hydrogen-bond donors (Lipinski definition) is 0. The van der Waals surface area contributed by atoms with E-state index in [2.05, 4.69) is 67.2 Å². The molecule has 0 aromatic heterocycles. The van der Waals surface area contributed by atoms with E-state index < -0.39 is 0 Å². The molecule has 1 unspecified atom stereocenters. The molecule has 0 bridgehead atoms. The third kappa shape index (κ3) is 6.39. The normalized spacial score (nSPS) is 20.5. The van der Waals surface area contributed by atoms with E-state index >= 15 is 0 Å². The second kappa shape index (κ2) is 7.77. The average molecular weight is 339 g/mol. The first kappa shape index (κ1) is 21.5. The van der Waals surface area contributed by atoms with E-state index in [1.165, 1.54) is 6.42 Å². The standard InChI is InChI=1S/C21H38O3/c1-18(2,13-14-19(3,4)21(7,8)22-9)16-20(5,6)24-17-12-10-11-15-23-17/h17H,10-12,15-16H2,1-9H3. The molecule has 3 heteroatoms. The molecule has 1 atom stereocenters. The van der Waals surface area contributed by atoms with E-state index in [1.807, 2.05) is 0 Å². The van der Waals surface area contributed by atoms with Gasteiger partial charge in [-0.25, -0.2) is 0 Å². The summed E-state index contributed by atoms with van der Waals surface area (Å²) in [4.78, 5) is 0. The van der Waals surface area contributed by atoms with Gasteiger partial charge in [0.05, 0.1) is 16.6 Å². The number of hydrogen-bond acceptors (Lipinski definition) is 3. The van der Waals surface area contributed by atoms with Gasteiger partial charge >= 0.3 is 0 Å². The van der Waals surface area contributed by atoms with Crippen molar-refractivity contribution in [2.45, 2.75) is 98.6 Å². The number of rotatable bonds is 6. The van der Waals surface area contributed by atoms with Crippen LogP contribution in [-0.2, 0) is 14.2 Å². The first-order valence-corrected chi connectivity index (χ1v) is 9.19. The van der Waals surface area contributed by atoms with E-state index in [0.717, 1.165) is 25.9 Å². The highest BCUT2D eigenvalue weighted by atomic mass is 16.7. The zero-order valence-electron chi connectivity index (χ0n) is 17.3. The number of ether oxygens (including phenoxy) is 3. The Morgan fingerprint density at radius 3 is 2.08 bits per heavy atom. The van der Waals surface area contributed by atoms with Crippen molar-refractivity contribution < 1.29 is 14.2 Å². The Morgan fingerprint density at radius 2 is 1.58 bits per heavy atom. The van der Waals surface area contributed by atoms with Crippen molar-refractivity contribution in [3.8, 4) is 11.8 Å². The van der Waals surface area contributed by atoms with Gasteiger partial charge in [-0.15, -0.1) is 0 Å². The quantitative estimate of drug-likeness (QED) is 0.625. The van der Waals surface area contributed by atoms with Crippen LogP contribution in [0.4, 0.5) is 0 Å². The lowest BCUT2D eigenvalue weighted by Crippen LogP contribution is -2.40. The largest absolute Gasteiger partial charge is 0.377 e. The monoisotopic (exact) mass is 338 g/mol. The van der Waals surface area contributed by atoms with Crippen molar-refractivity contribution in [3.05, 3.63) is 0 Å². The lowest BCUT2D eigenvalue weighted by Gasteiger charge is -2.38. The number of methoxy groups -OCH3 is 1. The smallest absolute Gasteiger partial charge is 0.158 e. The fourth-order valence-electron chi connectivity index (χ4n) is 3.04. The third-order valence-corrected chi connectivity index (χ3v) is 5.18. The van der Waals surface area contributed by atoms with Crippen molar-refractivity contribution in [3.63, 3.8) is 0 Å². The first-order chi connectivity index (χ1) is 10.8. The first-order valence-electron chi connectivity index (χ1n) is 9.19. The lowest BCUT2D eigenvalue weighted by molar-refractivity contribution is -0.220. The topological polar surface area (TPSA) is 27.7 Å². The molecule has 0 spiro atoms. The second-order valence-electron chi connectivity index (χ2n) is 9.32. The fraction of sp³-hybridized carbons (Fsp3) is 0.905. The van der Waals surface area contributed by atoms with Crippen LogP contribution in [0.25, 0.3) is 0 Å². The molecule has 24 heavy (non-hydrogen) atoms. The van der Waals surface area contributed by atoms with Gasteiger partial charge in [0, 0.05) is 19.1 Å². The van der Waals surface area contributed by atoms with Gasteiger partial charge in [-0.1, -0.05) is 11.8 Å². The summed E-state index contributed by atoms with van der Waals surface area (Å²) in [5.74, 6) is 6.94. The Bertz CT molecular complexity index is 457. The van der Waals surface area contributed by atoms with Crippen LogP contribution in [0.2, 0.25) is 0 Å². The molecule has 140 valence electrons. The minimum absolute atomic E-state index is 0.0682. The molecular formula is C21H38O3. The van der Waals surface area contributed by atoms with E-state index in [0.29, 0.717) is 0 Å². The van der Waals surface area contributed by atoms with Crippen LogP contribution in [0, 0.1) is 22.7 Å². The van der Waals surface area contributed by atoms with Gasteiger partial charge < -0.3 is 14.2 Å². The van der Waals surface area contributed by atoms with Gasteiger partial charge in [0.1, 0.15) is 0 Å². The van der Waals surface area contributed by atoms with Gasteiger partial charge in [0.2, 0.25) is 0 Å². The molecule has 1 rings (SSSR count). The van der Waals surface area contributed by atoms with Crippen LogP contribution in [0.5, 0.6) is 0 Å². The van der Waals surface area contributed by atoms with E-state index in [1.54, 1.807) is 7.11 Å². The Hall–Kier alpha value is -0.560. The molecule has 0 aromatic carbocycles. The van der Waals surface area contributed by atoms with Crippen molar-refractivity contribution in [2.75, 3.05) is 13.7 Å². The Balaban J connectivity index is 2.76. The van der Waals surface area contributed by atoms with Crippen LogP contribution >= 0.6 is 0 Å². The molecule has 0 radical (unpaired) electrons. The molecule has 0 aromatic rings. The molecule has 0 saturated carbocycles. The molecule has 1 heterocycles. The minimum Gasteiger partial charge on any atom is -0.377 e. The summed E-state index contributed by atoms with van der Waals surface area (Å²) >= 11 is 0. The summed E-state index contributed by atoms with van der Waals surface area (Å²) in [6.07, 6.45) is 4.11. The van der Waals surface area contributed by atoms with Gasteiger partial charge in [0.15, 0.2) is 6.29 Å². The second-order valence-corrected chi connectivity index (χ2v) is 9.32.